The van der Waals surface area contributed by atoms with Gasteiger partial charge < -0.3 is 4.90 Å². The standard InChI is InChI=1S/C17H22F3N/c1-3-12(2)9-21-10-15-8-16(15,11-21)13-4-6-14(7-5-13)17(18,19)20/h4-7,12,15H,3,8-11H2,1-2H3. The van der Waals surface area contributed by atoms with E-state index in [9.17, 15) is 13.2 Å². The first kappa shape index (κ1) is 14.9. The van der Waals surface area contributed by atoms with Gasteiger partial charge in [-0.2, -0.15) is 13.2 Å². The number of fused-ring (bicyclic) bond motifs is 1. The van der Waals surface area contributed by atoms with Crippen LogP contribution >= 0.6 is 0 Å². The molecule has 1 saturated heterocycles. The molecule has 1 heterocycles. The fraction of sp³-hybridized carbons (Fsp3) is 0.647. The molecule has 2 aliphatic rings. The van der Waals surface area contributed by atoms with Gasteiger partial charge in [-0.05, 0) is 36.0 Å². The number of alkyl halides is 3. The summed E-state index contributed by atoms with van der Waals surface area (Å²) in [4.78, 5) is 2.49. The topological polar surface area (TPSA) is 3.24 Å². The van der Waals surface area contributed by atoms with Crippen LogP contribution in [0, 0.1) is 11.8 Å². The Bertz CT molecular complexity index is 508. The van der Waals surface area contributed by atoms with Crippen LogP contribution in [-0.4, -0.2) is 24.5 Å². The zero-order valence-electron chi connectivity index (χ0n) is 12.6. The van der Waals surface area contributed by atoms with E-state index >= 15 is 0 Å². The number of hydrogen-bond donors (Lipinski definition) is 0. The maximum atomic E-state index is 12.6. The summed E-state index contributed by atoms with van der Waals surface area (Å²) < 4.78 is 37.9. The van der Waals surface area contributed by atoms with Crippen molar-refractivity contribution >= 4 is 0 Å². The molecule has 0 bridgehead atoms. The van der Waals surface area contributed by atoms with E-state index in [1.165, 1.54) is 18.6 Å². The Kier molecular flexibility index (Phi) is 3.55. The molecular formula is C17H22F3N. The average Bonchev–Trinajstić information content (AvgIpc) is 3.01. The fourth-order valence-electron chi connectivity index (χ4n) is 3.73. The molecule has 0 radical (unpaired) electrons. The van der Waals surface area contributed by atoms with Crippen molar-refractivity contribution < 1.29 is 13.2 Å². The van der Waals surface area contributed by atoms with Gasteiger partial charge >= 0.3 is 6.18 Å². The molecule has 1 aromatic carbocycles. The van der Waals surface area contributed by atoms with Crippen LogP contribution in [0.5, 0.6) is 0 Å². The largest absolute Gasteiger partial charge is 0.416 e. The Labute approximate surface area is 124 Å². The highest BCUT2D eigenvalue weighted by Crippen LogP contribution is 2.59. The minimum atomic E-state index is -4.24. The quantitative estimate of drug-likeness (QED) is 0.800. The molecule has 2 fully saturated rings. The van der Waals surface area contributed by atoms with Crippen molar-refractivity contribution in [3.63, 3.8) is 0 Å². The first-order valence-electron chi connectivity index (χ1n) is 7.75. The lowest BCUT2D eigenvalue weighted by Gasteiger charge is -2.24. The normalized spacial score (nSPS) is 30.2. The van der Waals surface area contributed by atoms with Crippen LogP contribution in [0.4, 0.5) is 13.2 Å². The Balaban J connectivity index is 1.71. The van der Waals surface area contributed by atoms with Crippen LogP contribution in [0.15, 0.2) is 24.3 Å². The summed E-state index contributed by atoms with van der Waals surface area (Å²) in [5, 5.41) is 0. The summed E-state index contributed by atoms with van der Waals surface area (Å²) in [7, 11) is 0. The Hall–Kier alpha value is -1.03. The van der Waals surface area contributed by atoms with Crippen LogP contribution in [-0.2, 0) is 11.6 Å². The molecule has 1 aliphatic heterocycles. The summed E-state index contributed by atoms with van der Waals surface area (Å²) in [6.07, 6.45) is -1.93. The molecule has 21 heavy (non-hydrogen) atoms. The average molecular weight is 297 g/mol. The van der Waals surface area contributed by atoms with Crippen molar-refractivity contribution in [1.29, 1.82) is 0 Å². The van der Waals surface area contributed by atoms with Crippen LogP contribution in [0.25, 0.3) is 0 Å². The lowest BCUT2D eigenvalue weighted by Crippen LogP contribution is -2.30. The van der Waals surface area contributed by atoms with E-state index < -0.39 is 11.7 Å². The van der Waals surface area contributed by atoms with Crippen molar-refractivity contribution in [2.45, 2.75) is 38.3 Å². The number of piperidine rings is 1. The number of benzene rings is 1. The predicted octanol–water partition coefficient (Wildman–Crippen LogP) is 4.32. The van der Waals surface area contributed by atoms with E-state index in [4.69, 9.17) is 0 Å². The number of nitrogens with zero attached hydrogens (tertiary/aromatic N) is 1. The van der Waals surface area contributed by atoms with Crippen molar-refractivity contribution in [3.05, 3.63) is 35.4 Å². The van der Waals surface area contributed by atoms with Crippen molar-refractivity contribution in [3.8, 4) is 0 Å². The molecular weight excluding hydrogens is 275 g/mol. The molecule has 4 heteroatoms. The third-order valence-electron chi connectivity index (χ3n) is 5.27. The molecule has 0 spiro atoms. The highest BCUT2D eigenvalue weighted by molar-refractivity contribution is 5.39. The molecule has 116 valence electrons. The number of likely N-dealkylation sites (tertiary alicyclic amines) is 1. The maximum Gasteiger partial charge on any atom is 0.416 e. The third-order valence-corrected chi connectivity index (χ3v) is 5.27. The molecule has 3 rings (SSSR count). The fourth-order valence-corrected chi connectivity index (χ4v) is 3.73. The molecule has 1 saturated carbocycles. The van der Waals surface area contributed by atoms with Gasteiger partial charge in [-0.25, -0.2) is 0 Å². The molecule has 3 atom stereocenters. The first-order valence-corrected chi connectivity index (χ1v) is 7.75. The minimum absolute atomic E-state index is 0.136. The van der Waals surface area contributed by atoms with Crippen LogP contribution in [0.3, 0.4) is 0 Å². The van der Waals surface area contributed by atoms with E-state index in [0.29, 0.717) is 11.8 Å². The van der Waals surface area contributed by atoms with Gasteiger partial charge in [-0.1, -0.05) is 32.4 Å². The smallest absolute Gasteiger partial charge is 0.302 e. The Morgan fingerprint density at radius 1 is 1.29 bits per heavy atom. The summed E-state index contributed by atoms with van der Waals surface area (Å²) >= 11 is 0. The first-order chi connectivity index (χ1) is 9.85. The van der Waals surface area contributed by atoms with Crippen LogP contribution in [0.1, 0.15) is 37.8 Å². The summed E-state index contributed by atoms with van der Waals surface area (Å²) in [6, 6.07) is 5.85. The Morgan fingerprint density at radius 3 is 2.52 bits per heavy atom. The van der Waals surface area contributed by atoms with Crippen molar-refractivity contribution in [2.75, 3.05) is 19.6 Å². The van der Waals surface area contributed by atoms with E-state index in [0.717, 1.165) is 31.6 Å². The van der Waals surface area contributed by atoms with E-state index in [1.54, 1.807) is 12.1 Å². The van der Waals surface area contributed by atoms with Crippen molar-refractivity contribution in [2.24, 2.45) is 11.8 Å². The minimum Gasteiger partial charge on any atom is -0.302 e. The summed E-state index contributed by atoms with van der Waals surface area (Å²) in [5.41, 5.74) is 0.680. The van der Waals surface area contributed by atoms with Gasteiger partial charge in [0.25, 0.3) is 0 Å². The molecule has 0 N–H and O–H groups in total. The van der Waals surface area contributed by atoms with Gasteiger partial charge in [-0.15, -0.1) is 0 Å². The predicted molar refractivity (Wildman–Crippen MR) is 77.1 cm³/mol. The number of halogens is 3. The van der Waals surface area contributed by atoms with Crippen molar-refractivity contribution in [1.82, 2.24) is 4.90 Å². The molecule has 1 aromatic rings. The van der Waals surface area contributed by atoms with E-state index in [2.05, 4.69) is 18.7 Å². The van der Waals surface area contributed by atoms with E-state index in [-0.39, 0.29) is 5.41 Å². The molecule has 0 aromatic heterocycles. The van der Waals surface area contributed by atoms with Gasteiger partial charge in [0.1, 0.15) is 0 Å². The zero-order chi connectivity index (χ0) is 15.3. The number of hydrogen-bond acceptors (Lipinski definition) is 1. The number of rotatable bonds is 4. The van der Waals surface area contributed by atoms with Crippen LogP contribution in [0.2, 0.25) is 0 Å². The van der Waals surface area contributed by atoms with Gasteiger partial charge in [0.15, 0.2) is 0 Å². The van der Waals surface area contributed by atoms with E-state index in [1.807, 2.05) is 0 Å². The highest BCUT2D eigenvalue weighted by Gasteiger charge is 2.60. The Morgan fingerprint density at radius 2 is 1.95 bits per heavy atom. The molecule has 0 amide bonds. The van der Waals surface area contributed by atoms with Gasteiger partial charge in [0.2, 0.25) is 0 Å². The third kappa shape index (κ3) is 2.70. The second-order valence-electron chi connectivity index (χ2n) is 6.84. The SMILES string of the molecule is CCC(C)CN1CC2CC2(c2ccc(C(F)(F)F)cc2)C1. The highest BCUT2D eigenvalue weighted by atomic mass is 19.4. The maximum absolute atomic E-state index is 12.6. The molecule has 1 nitrogen and oxygen atoms in total. The lowest BCUT2D eigenvalue weighted by molar-refractivity contribution is -0.137. The zero-order valence-corrected chi connectivity index (χ0v) is 12.6. The lowest BCUT2D eigenvalue weighted by atomic mass is 9.94. The van der Waals surface area contributed by atoms with Gasteiger partial charge in [-0.3, -0.25) is 0 Å². The van der Waals surface area contributed by atoms with Crippen LogP contribution < -0.4 is 0 Å². The van der Waals surface area contributed by atoms with Gasteiger partial charge in [0.05, 0.1) is 5.56 Å². The molecule has 3 unspecified atom stereocenters. The second-order valence-corrected chi connectivity index (χ2v) is 6.84. The summed E-state index contributed by atoms with van der Waals surface area (Å²) in [6.45, 7) is 7.68. The monoisotopic (exact) mass is 297 g/mol. The van der Waals surface area contributed by atoms with Gasteiger partial charge in [0, 0.05) is 25.0 Å². The molecule has 1 aliphatic carbocycles. The summed E-state index contributed by atoms with van der Waals surface area (Å²) in [5.74, 6) is 1.32. The second kappa shape index (κ2) is 5.01.